The third-order valence-corrected chi connectivity index (χ3v) is 7.72. The van der Waals surface area contributed by atoms with Crippen LogP contribution in [-0.2, 0) is 28.9 Å². The summed E-state index contributed by atoms with van der Waals surface area (Å²) in [5.74, 6) is -2.62. The first-order valence-electron chi connectivity index (χ1n) is 9.92. The Hall–Kier alpha value is -2.67. The minimum atomic E-state index is -4.03. The van der Waals surface area contributed by atoms with E-state index >= 15 is 0 Å². The van der Waals surface area contributed by atoms with Crippen molar-refractivity contribution in [2.75, 3.05) is 13.2 Å². The van der Waals surface area contributed by atoms with Gasteiger partial charge in [-0.2, -0.15) is 0 Å². The van der Waals surface area contributed by atoms with Gasteiger partial charge in [0.15, 0.2) is 15.3 Å². The average Bonchev–Trinajstić information content (AvgIpc) is 3.42. The summed E-state index contributed by atoms with van der Waals surface area (Å²) in [5.41, 5.74) is 0.546. The van der Waals surface area contributed by atoms with Gasteiger partial charge >= 0.3 is 11.9 Å². The summed E-state index contributed by atoms with van der Waals surface area (Å²) in [6.45, 7) is 7.04. The predicted molar refractivity (Wildman–Crippen MR) is 112 cm³/mol. The third-order valence-electron chi connectivity index (χ3n) is 5.48. The average molecular weight is 431 g/mol. The minimum absolute atomic E-state index is 0.0257. The van der Waals surface area contributed by atoms with Gasteiger partial charge in [-0.1, -0.05) is 47.5 Å². The van der Waals surface area contributed by atoms with Crippen molar-refractivity contribution < 1.29 is 27.5 Å². The molecule has 1 aliphatic carbocycles. The highest BCUT2D eigenvalue weighted by Gasteiger charge is 2.81. The van der Waals surface area contributed by atoms with E-state index in [2.05, 4.69) is 0 Å². The molecule has 0 unspecified atom stereocenters. The second kappa shape index (κ2) is 8.22. The molecule has 0 heterocycles. The number of ether oxygens (including phenoxy) is 2. The number of carbonyl (C=O) groups is 2. The highest BCUT2D eigenvalue weighted by molar-refractivity contribution is 7.92. The van der Waals surface area contributed by atoms with Crippen LogP contribution in [0.15, 0.2) is 53.4 Å². The molecule has 0 radical (unpaired) electrons. The number of hydrogen-bond donors (Lipinski definition) is 0. The molecule has 6 nitrogen and oxygen atoms in total. The molecule has 160 valence electrons. The fourth-order valence-corrected chi connectivity index (χ4v) is 6.23. The number of benzene rings is 2. The van der Waals surface area contributed by atoms with Crippen LogP contribution in [0.3, 0.4) is 0 Å². The first-order valence-corrected chi connectivity index (χ1v) is 11.5. The fourth-order valence-electron chi connectivity index (χ4n) is 3.94. The van der Waals surface area contributed by atoms with E-state index in [1.165, 1.54) is 12.1 Å². The molecule has 0 aromatic heterocycles. The van der Waals surface area contributed by atoms with E-state index in [4.69, 9.17) is 9.47 Å². The molecule has 0 saturated heterocycles. The van der Waals surface area contributed by atoms with E-state index in [1.807, 2.05) is 26.0 Å². The van der Waals surface area contributed by atoms with Gasteiger partial charge in [-0.25, -0.2) is 8.42 Å². The number of hydrogen-bond acceptors (Lipinski definition) is 6. The van der Waals surface area contributed by atoms with Crippen LogP contribution in [0, 0.1) is 19.3 Å². The van der Waals surface area contributed by atoms with Crippen molar-refractivity contribution in [1.82, 2.24) is 0 Å². The van der Waals surface area contributed by atoms with Gasteiger partial charge in [0.05, 0.1) is 18.1 Å². The van der Waals surface area contributed by atoms with Crippen molar-refractivity contribution in [2.45, 2.75) is 43.8 Å². The largest absolute Gasteiger partial charge is 0.465 e. The zero-order valence-electron chi connectivity index (χ0n) is 17.5. The monoisotopic (exact) mass is 430 g/mol. The Morgan fingerprint density at radius 1 is 0.833 bits per heavy atom. The van der Waals surface area contributed by atoms with Crippen LogP contribution in [0.4, 0.5) is 0 Å². The van der Waals surface area contributed by atoms with Crippen LogP contribution in [0.25, 0.3) is 0 Å². The lowest BCUT2D eigenvalue weighted by atomic mass is 9.98. The van der Waals surface area contributed by atoms with Crippen LogP contribution in [0.1, 0.15) is 36.5 Å². The van der Waals surface area contributed by atoms with Gasteiger partial charge in [-0.15, -0.1) is 0 Å². The second-order valence-electron chi connectivity index (χ2n) is 7.48. The maximum Gasteiger partial charge on any atom is 0.325 e. The first-order chi connectivity index (χ1) is 14.2. The molecular weight excluding hydrogens is 404 g/mol. The number of esters is 2. The molecule has 1 aliphatic rings. The Bertz CT molecular complexity index is 1020. The molecule has 2 aromatic rings. The van der Waals surface area contributed by atoms with E-state index in [0.717, 1.165) is 11.1 Å². The lowest BCUT2D eigenvalue weighted by Crippen LogP contribution is -2.35. The lowest BCUT2D eigenvalue weighted by molar-refractivity contribution is -0.164. The Morgan fingerprint density at radius 3 is 1.70 bits per heavy atom. The molecule has 0 N–H and O–H groups in total. The highest BCUT2D eigenvalue weighted by Crippen LogP contribution is 2.65. The summed E-state index contributed by atoms with van der Waals surface area (Å²) in [7, 11) is -4.03. The molecule has 0 aliphatic heterocycles. The van der Waals surface area contributed by atoms with Gasteiger partial charge in [0.25, 0.3) is 0 Å². The van der Waals surface area contributed by atoms with Crippen molar-refractivity contribution in [2.24, 2.45) is 5.41 Å². The fraction of sp³-hybridized carbons (Fsp3) is 0.391. The molecule has 30 heavy (non-hydrogen) atoms. The van der Waals surface area contributed by atoms with Gasteiger partial charge in [-0.3, -0.25) is 9.59 Å². The Morgan fingerprint density at radius 2 is 1.27 bits per heavy atom. The zero-order valence-corrected chi connectivity index (χ0v) is 18.4. The summed E-state index contributed by atoms with van der Waals surface area (Å²) >= 11 is 0. The van der Waals surface area contributed by atoms with Crippen LogP contribution in [0.2, 0.25) is 0 Å². The van der Waals surface area contributed by atoms with Gasteiger partial charge in [0, 0.05) is 5.92 Å². The number of rotatable bonds is 7. The molecule has 0 amide bonds. The van der Waals surface area contributed by atoms with Crippen LogP contribution < -0.4 is 0 Å². The van der Waals surface area contributed by atoms with Gasteiger partial charge in [0.1, 0.15) is 5.25 Å². The summed E-state index contributed by atoms with van der Waals surface area (Å²) in [6, 6.07) is 13.5. The summed E-state index contributed by atoms with van der Waals surface area (Å²) < 4.78 is 37.5. The van der Waals surface area contributed by atoms with Crippen molar-refractivity contribution in [3.8, 4) is 0 Å². The maximum atomic E-state index is 13.6. The molecule has 2 atom stereocenters. The first kappa shape index (κ1) is 22.0. The van der Waals surface area contributed by atoms with E-state index < -0.39 is 38.4 Å². The normalized spacial score (nSPS) is 19.7. The van der Waals surface area contributed by atoms with E-state index in [1.54, 1.807) is 38.1 Å². The summed E-state index contributed by atoms with van der Waals surface area (Å²) in [5, 5.41) is -1.30. The molecule has 1 saturated carbocycles. The molecule has 1 fully saturated rings. The lowest BCUT2D eigenvalue weighted by Gasteiger charge is -2.15. The maximum absolute atomic E-state index is 13.6. The van der Waals surface area contributed by atoms with Gasteiger partial charge in [0.2, 0.25) is 0 Å². The molecule has 7 heteroatoms. The minimum Gasteiger partial charge on any atom is -0.465 e. The van der Waals surface area contributed by atoms with Gasteiger partial charge in [-0.05, 0) is 45.4 Å². The predicted octanol–water partition coefficient (Wildman–Crippen LogP) is 3.36. The Balaban J connectivity index is 2.19. The van der Waals surface area contributed by atoms with Crippen molar-refractivity contribution in [3.05, 3.63) is 65.2 Å². The van der Waals surface area contributed by atoms with Crippen molar-refractivity contribution >= 4 is 21.8 Å². The summed E-state index contributed by atoms with van der Waals surface area (Å²) in [6.07, 6.45) is 0. The second-order valence-corrected chi connectivity index (χ2v) is 9.55. The van der Waals surface area contributed by atoms with Crippen LogP contribution in [-0.4, -0.2) is 38.8 Å². The Kier molecular flexibility index (Phi) is 6.04. The SMILES string of the molecule is CCOC(=O)C1(C(=O)OCC)[C@H](S(=O)(=O)c2ccc(C)cc2)[C@@H]1c1ccc(C)cc1. The van der Waals surface area contributed by atoms with Crippen molar-refractivity contribution in [3.63, 3.8) is 0 Å². The molecule has 2 aromatic carbocycles. The summed E-state index contributed by atoms with van der Waals surface area (Å²) in [4.78, 5) is 26.2. The van der Waals surface area contributed by atoms with Crippen LogP contribution in [0.5, 0.6) is 0 Å². The quantitative estimate of drug-likeness (QED) is 0.495. The molecule has 0 bridgehead atoms. The molecule has 0 spiro atoms. The number of carbonyl (C=O) groups excluding carboxylic acids is 2. The van der Waals surface area contributed by atoms with Gasteiger partial charge < -0.3 is 9.47 Å². The third kappa shape index (κ3) is 3.51. The van der Waals surface area contributed by atoms with E-state index in [9.17, 15) is 18.0 Å². The Labute approximate surface area is 177 Å². The standard InChI is InChI=1S/C23H26O6S/c1-5-28-21(24)23(22(25)29-6-2)19(17-11-7-15(3)8-12-17)20(23)30(26,27)18-13-9-16(4)10-14-18/h7-14,19-20H,5-6H2,1-4H3/t19-,20+/m0/s1. The number of sulfone groups is 1. The van der Waals surface area contributed by atoms with E-state index in [-0.39, 0.29) is 18.1 Å². The number of aryl methyl sites for hydroxylation is 2. The smallest absolute Gasteiger partial charge is 0.325 e. The topological polar surface area (TPSA) is 86.7 Å². The highest BCUT2D eigenvalue weighted by atomic mass is 32.2. The molecule has 3 rings (SSSR count). The van der Waals surface area contributed by atoms with Crippen molar-refractivity contribution in [1.29, 1.82) is 0 Å². The van der Waals surface area contributed by atoms with E-state index in [0.29, 0.717) is 5.56 Å². The van der Waals surface area contributed by atoms with Crippen LogP contribution >= 0.6 is 0 Å². The zero-order chi connectivity index (χ0) is 22.1. The molecular formula is C23H26O6S.